The molecular weight excluding hydrogens is 999 g/mol. The Morgan fingerprint density at radius 1 is 0.345 bits per heavy atom. The fourth-order valence-corrected chi connectivity index (χ4v) is 0. The van der Waals surface area contributed by atoms with Crippen LogP contribution in [0, 0.1) is 0 Å². The minimum atomic E-state index is -0.611. The van der Waals surface area contributed by atoms with E-state index in [4.69, 9.17) is 0 Å². The van der Waals surface area contributed by atoms with Crippen molar-refractivity contribution in [1.29, 1.82) is 0 Å². The minimum absolute atomic E-state index is 0. The van der Waals surface area contributed by atoms with Crippen molar-refractivity contribution in [2.45, 2.75) is 0 Å². The molecule has 0 aliphatic heterocycles. The van der Waals surface area contributed by atoms with Gasteiger partial charge in [0.05, 0.1) is 0 Å². The summed E-state index contributed by atoms with van der Waals surface area (Å²) in [4.78, 5) is 0. The predicted octanol–water partition coefficient (Wildman–Crippen LogP) is -4.25. The molecule has 0 aromatic heterocycles. The molecule has 17 heteroatoms. The van der Waals surface area contributed by atoms with Crippen molar-refractivity contribution in [1.82, 2.24) is 0 Å². The largest absolute Gasteiger partial charge is 2.00 e. The van der Waals surface area contributed by atoms with E-state index in [1.165, 1.54) is 0 Å². The van der Waals surface area contributed by atoms with Gasteiger partial charge in [0.2, 0.25) is 0 Å². The Morgan fingerprint density at radius 2 is 0.345 bits per heavy atom. The molecule has 0 saturated heterocycles. The zero-order chi connectivity index (χ0) is 23.5. The van der Waals surface area contributed by atoms with Crippen LogP contribution in [0.1, 0.15) is 0 Å². The molecule has 0 saturated carbocycles. The van der Waals surface area contributed by atoms with E-state index in [-0.39, 0.29) is 64.4 Å². The summed E-state index contributed by atoms with van der Waals surface area (Å²) in [6.45, 7) is 0. The summed E-state index contributed by atoms with van der Waals surface area (Å²) < 4.78 is 57.3. The molecule has 0 rings (SSSR count). The molecule has 0 amide bonds. The molecule has 29 heavy (non-hydrogen) atoms. The summed E-state index contributed by atoms with van der Waals surface area (Å²) in [5, 5.41) is 0. The Hall–Kier alpha value is 4.31. The van der Waals surface area contributed by atoms with E-state index in [0.29, 0.717) is 0 Å². The van der Waals surface area contributed by atoms with Gasteiger partial charge in [0.1, 0.15) is 0 Å². The minimum Gasteiger partial charge on any atom is -1.00 e. The molecule has 0 fully saturated rings. The second-order valence-corrected chi connectivity index (χ2v) is 13.3. The molecular formula is C12H36I4NiO6S6. The molecule has 0 aliphatic rings. The first-order chi connectivity index (χ1) is 11.4. The number of hydrogen-bond acceptors (Lipinski definition) is 6. The third-order valence-electron chi connectivity index (χ3n) is 0. The second-order valence-electron chi connectivity index (χ2n) is 4.45. The zero-order valence-corrected chi connectivity index (χ0v) is 33.2. The van der Waals surface area contributed by atoms with Gasteiger partial charge in [0, 0.05) is 177 Å². The predicted molar refractivity (Wildman–Crippen MR) is 148 cm³/mol. The van der Waals surface area contributed by atoms with Crippen molar-refractivity contribution in [2.75, 3.05) is 75.1 Å². The van der Waals surface area contributed by atoms with Gasteiger partial charge >= 0.3 is 16.5 Å². The van der Waals surface area contributed by atoms with Crippen molar-refractivity contribution in [3.8, 4) is 0 Å². The van der Waals surface area contributed by atoms with Gasteiger partial charge in [-0.15, -0.1) is 0 Å². The first kappa shape index (κ1) is 64.0. The maximum Gasteiger partial charge on any atom is 2.00 e. The maximum absolute atomic E-state index is 9.56. The molecule has 0 bridgehead atoms. The third kappa shape index (κ3) is 1600. The van der Waals surface area contributed by atoms with E-state index in [0.717, 1.165) is 0 Å². The average Bonchev–Trinajstić information content (AvgIpc) is 2.25. The van der Waals surface area contributed by atoms with Crippen LogP contribution in [-0.4, -0.2) is 100 Å². The quantitative estimate of drug-likeness (QED) is 0.180. The smallest absolute Gasteiger partial charge is 1.00 e. The van der Waals surface area contributed by atoms with Crippen LogP contribution in [-0.2, 0) is 81.3 Å². The van der Waals surface area contributed by atoms with Crippen molar-refractivity contribution in [3.05, 3.63) is 0 Å². The number of halogens is 4. The SMILES string of the molecule is CS(C)=O.CS(C)=O.CS(C)=O.CS(C)=O.CS(C)=O.CS(C)=O.II.[I-].[I-].[Ni+2]. The van der Waals surface area contributed by atoms with Crippen molar-refractivity contribution in [3.63, 3.8) is 0 Å². The van der Waals surface area contributed by atoms with Gasteiger partial charge in [0.25, 0.3) is 0 Å². The molecule has 0 heterocycles. The Labute approximate surface area is 262 Å². The maximum atomic E-state index is 9.56. The van der Waals surface area contributed by atoms with Crippen LogP contribution in [0.5, 0.6) is 0 Å². The van der Waals surface area contributed by atoms with Crippen LogP contribution in [0.25, 0.3) is 0 Å². The second kappa shape index (κ2) is 63.6. The van der Waals surface area contributed by atoms with Crippen LogP contribution in [0.15, 0.2) is 0 Å². The monoisotopic (exact) mass is 1030 g/mol. The van der Waals surface area contributed by atoms with Crippen molar-refractivity contribution >= 4 is 102 Å². The molecule has 194 valence electrons. The van der Waals surface area contributed by atoms with E-state index in [1.807, 2.05) is 0 Å². The van der Waals surface area contributed by atoms with Crippen LogP contribution in [0.2, 0.25) is 0 Å². The Kier molecular flexibility index (Phi) is 140. The van der Waals surface area contributed by atoms with E-state index in [9.17, 15) is 25.3 Å². The molecule has 0 radical (unpaired) electrons. The third-order valence-corrected chi connectivity index (χ3v) is 0. The van der Waals surface area contributed by atoms with E-state index in [1.54, 1.807) is 75.1 Å². The first-order valence-corrected chi connectivity index (χ1v) is 24.1. The Morgan fingerprint density at radius 3 is 0.345 bits per heavy atom. The van der Waals surface area contributed by atoms with Gasteiger partial charge in [-0.3, -0.25) is 25.3 Å². The molecule has 0 spiro atoms. The molecule has 0 aromatic carbocycles. The van der Waals surface area contributed by atoms with E-state index in [2.05, 4.69) is 37.2 Å². The molecule has 0 atom stereocenters. The number of hydrogen-bond donors (Lipinski definition) is 0. The summed E-state index contributed by atoms with van der Waals surface area (Å²) >= 11 is 4.24. The molecule has 0 unspecified atom stereocenters. The fourth-order valence-electron chi connectivity index (χ4n) is 0. The van der Waals surface area contributed by atoms with Gasteiger partial charge < -0.3 is 48.0 Å². The summed E-state index contributed by atoms with van der Waals surface area (Å²) in [5.41, 5.74) is 0. The van der Waals surface area contributed by atoms with Crippen molar-refractivity contribution < 1.29 is 89.7 Å². The number of rotatable bonds is 0. The van der Waals surface area contributed by atoms with Gasteiger partial charge in [-0.2, -0.15) is 0 Å². The Balaban J connectivity index is -0.0000000180. The standard InChI is InChI=1S/6C2H6OS.I2.2HI.Ni/c6*1-4(2)3;1-2;;;/h6*1-2H3;;2*1H;/q;;;;;;;;;+2/p-2. The molecule has 0 aromatic rings. The summed E-state index contributed by atoms with van der Waals surface area (Å²) in [7, 11) is -3.67. The normalized spacial score (nSPS) is 7.45. The van der Waals surface area contributed by atoms with Crippen LogP contribution < -0.4 is 48.0 Å². The van der Waals surface area contributed by atoms with E-state index >= 15 is 0 Å². The summed E-state index contributed by atoms with van der Waals surface area (Å²) in [6.07, 6.45) is 19.7. The van der Waals surface area contributed by atoms with Crippen LogP contribution in [0.3, 0.4) is 0 Å². The van der Waals surface area contributed by atoms with Gasteiger partial charge in [0.15, 0.2) is 0 Å². The average molecular weight is 1040 g/mol. The Bertz CT molecular complexity index is 290. The van der Waals surface area contributed by atoms with Crippen molar-refractivity contribution in [2.24, 2.45) is 0 Å². The summed E-state index contributed by atoms with van der Waals surface area (Å²) in [5.74, 6) is 0. The zero-order valence-electron chi connectivity index (χ0n) is 18.7. The molecule has 0 aliphatic carbocycles. The van der Waals surface area contributed by atoms with Crippen LogP contribution in [0.4, 0.5) is 0 Å². The topological polar surface area (TPSA) is 102 Å². The van der Waals surface area contributed by atoms with Gasteiger partial charge in [-0.05, 0) is 0 Å². The summed E-state index contributed by atoms with van der Waals surface area (Å²) in [6, 6.07) is 0. The molecule has 6 nitrogen and oxygen atoms in total. The fraction of sp³-hybridized carbons (Fsp3) is 1.00. The molecule has 0 N–H and O–H groups in total. The first-order valence-electron chi connectivity index (χ1n) is 6.04. The van der Waals surface area contributed by atoms with Crippen LogP contribution >= 0.6 is 37.2 Å². The van der Waals surface area contributed by atoms with Gasteiger partial charge in [-0.25, -0.2) is 0 Å². The van der Waals surface area contributed by atoms with Gasteiger partial charge in [-0.1, -0.05) is 0 Å². The van der Waals surface area contributed by atoms with E-state index < -0.39 is 64.8 Å².